The number of hydrogen-bond acceptors (Lipinski definition) is 3. The zero-order chi connectivity index (χ0) is 18.4. The lowest BCUT2D eigenvalue weighted by molar-refractivity contribution is -0.141. The molecule has 4 aliphatic rings. The maximum absolute atomic E-state index is 13.7. The van der Waals surface area contributed by atoms with Crippen LogP contribution in [0.4, 0.5) is 0 Å². The van der Waals surface area contributed by atoms with Crippen LogP contribution in [0, 0.1) is 17.3 Å². The Morgan fingerprint density at radius 1 is 1.30 bits per heavy atom. The molecule has 3 atom stereocenters. The quantitative estimate of drug-likeness (QED) is 0.863. The first-order valence-corrected chi connectivity index (χ1v) is 10.8. The van der Waals surface area contributed by atoms with Crippen molar-refractivity contribution in [2.24, 2.45) is 17.3 Å². The standard InChI is InChI=1S/C22H31N3O2/c1-22-11-16-12-23-24-20(16)10-17(22)7-8-19(22)21(26)25(13-15-4-2-5-15)14-18-6-3-9-27-18/h10,12,15,18-19H,2-9,11,13-14H2,1H3,(H,23,24). The molecule has 1 saturated heterocycles. The van der Waals surface area contributed by atoms with E-state index in [1.807, 2.05) is 6.20 Å². The number of allylic oxidation sites excluding steroid dienone is 1. The summed E-state index contributed by atoms with van der Waals surface area (Å²) in [6.07, 6.45) is 13.5. The molecule has 1 aromatic rings. The summed E-state index contributed by atoms with van der Waals surface area (Å²) in [6.45, 7) is 4.88. The predicted molar refractivity (Wildman–Crippen MR) is 104 cm³/mol. The number of rotatable bonds is 5. The monoisotopic (exact) mass is 369 g/mol. The lowest BCUT2D eigenvalue weighted by atomic mass is 9.69. The SMILES string of the molecule is CC12Cc3cn[nH]c3C=C1CCC2C(=O)N(CC1CCC1)CC1CCCO1. The van der Waals surface area contributed by atoms with Gasteiger partial charge in [-0.05, 0) is 62.5 Å². The molecule has 146 valence electrons. The average molecular weight is 370 g/mol. The van der Waals surface area contributed by atoms with Crippen LogP contribution in [0.3, 0.4) is 0 Å². The van der Waals surface area contributed by atoms with Crippen molar-refractivity contribution in [3.63, 3.8) is 0 Å². The summed E-state index contributed by atoms with van der Waals surface area (Å²) < 4.78 is 5.88. The van der Waals surface area contributed by atoms with Gasteiger partial charge >= 0.3 is 0 Å². The van der Waals surface area contributed by atoms with Gasteiger partial charge in [0.1, 0.15) is 0 Å². The van der Waals surface area contributed by atoms with Crippen LogP contribution in [-0.2, 0) is 16.0 Å². The Morgan fingerprint density at radius 3 is 2.93 bits per heavy atom. The van der Waals surface area contributed by atoms with E-state index in [9.17, 15) is 4.79 Å². The number of H-pyrrole nitrogens is 1. The highest BCUT2D eigenvalue weighted by molar-refractivity contribution is 5.82. The smallest absolute Gasteiger partial charge is 0.226 e. The van der Waals surface area contributed by atoms with Gasteiger partial charge < -0.3 is 9.64 Å². The summed E-state index contributed by atoms with van der Waals surface area (Å²) in [4.78, 5) is 15.9. The molecule has 1 N–H and O–H groups in total. The highest BCUT2D eigenvalue weighted by Gasteiger charge is 2.49. The summed E-state index contributed by atoms with van der Waals surface area (Å²) >= 11 is 0. The van der Waals surface area contributed by atoms with Gasteiger partial charge in [0.05, 0.1) is 18.0 Å². The van der Waals surface area contributed by atoms with Crippen LogP contribution < -0.4 is 0 Å². The number of nitrogens with one attached hydrogen (secondary N) is 1. The molecule has 2 heterocycles. The third-order valence-electron chi connectivity index (χ3n) is 7.59. The molecule has 0 bridgehead atoms. The van der Waals surface area contributed by atoms with Crippen molar-refractivity contribution in [2.75, 3.05) is 19.7 Å². The molecule has 1 amide bonds. The Balaban J connectivity index is 1.37. The molecule has 5 heteroatoms. The zero-order valence-electron chi connectivity index (χ0n) is 16.4. The molecular weight excluding hydrogens is 338 g/mol. The second-order valence-corrected chi connectivity index (χ2v) is 9.34. The lowest BCUT2D eigenvalue weighted by Gasteiger charge is -2.40. The van der Waals surface area contributed by atoms with Crippen LogP contribution in [-0.4, -0.2) is 46.8 Å². The molecule has 0 spiro atoms. The fourth-order valence-corrected chi connectivity index (χ4v) is 5.65. The van der Waals surface area contributed by atoms with Crippen molar-refractivity contribution in [3.05, 3.63) is 23.0 Å². The van der Waals surface area contributed by atoms with E-state index >= 15 is 0 Å². The first-order valence-electron chi connectivity index (χ1n) is 10.8. The summed E-state index contributed by atoms with van der Waals surface area (Å²) in [5.74, 6) is 1.16. The number of carbonyl (C=O) groups excluding carboxylic acids is 1. The molecule has 27 heavy (non-hydrogen) atoms. The van der Waals surface area contributed by atoms with Crippen molar-refractivity contribution < 1.29 is 9.53 Å². The third-order valence-corrected chi connectivity index (χ3v) is 7.59. The van der Waals surface area contributed by atoms with Crippen LogP contribution in [0.2, 0.25) is 0 Å². The number of carbonyl (C=O) groups is 1. The van der Waals surface area contributed by atoms with Gasteiger partial charge in [-0.25, -0.2) is 0 Å². The molecule has 5 nitrogen and oxygen atoms in total. The van der Waals surface area contributed by atoms with Crippen LogP contribution in [0.5, 0.6) is 0 Å². The highest BCUT2D eigenvalue weighted by atomic mass is 16.5. The van der Waals surface area contributed by atoms with Gasteiger partial charge in [-0.2, -0.15) is 5.10 Å². The van der Waals surface area contributed by atoms with Gasteiger partial charge in [-0.3, -0.25) is 9.89 Å². The Morgan fingerprint density at radius 2 is 2.19 bits per heavy atom. The lowest BCUT2D eigenvalue weighted by Crippen LogP contribution is -2.47. The second kappa shape index (κ2) is 6.77. The summed E-state index contributed by atoms with van der Waals surface area (Å²) in [5.41, 5.74) is 3.77. The number of aromatic nitrogens is 2. The number of nitrogens with zero attached hydrogens (tertiary/aromatic N) is 2. The molecule has 3 unspecified atom stereocenters. The van der Waals surface area contributed by atoms with Gasteiger partial charge in [-0.1, -0.05) is 18.9 Å². The Bertz CT molecular complexity index is 744. The van der Waals surface area contributed by atoms with Crippen molar-refractivity contribution in [2.45, 2.75) is 64.4 Å². The van der Waals surface area contributed by atoms with Gasteiger partial charge in [0.25, 0.3) is 0 Å². The molecule has 0 radical (unpaired) electrons. The highest BCUT2D eigenvalue weighted by Crippen LogP contribution is 2.53. The third kappa shape index (κ3) is 3.04. The molecular formula is C22H31N3O2. The Hall–Kier alpha value is -1.62. The number of fused-ring (bicyclic) bond motifs is 2. The number of aromatic amines is 1. The van der Waals surface area contributed by atoms with E-state index in [0.29, 0.717) is 11.8 Å². The van der Waals surface area contributed by atoms with E-state index in [-0.39, 0.29) is 17.4 Å². The Kier molecular flexibility index (Phi) is 4.38. The molecule has 3 aliphatic carbocycles. The van der Waals surface area contributed by atoms with Crippen LogP contribution in [0.25, 0.3) is 6.08 Å². The van der Waals surface area contributed by atoms with Gasteiger partial charge in [-0.15, -0.1) is 0 Å². The van der Waals surface area contributed by atoms with Crippen molar-refractivity contribution in [1.82, 2.24) is 15.1 Å². The van der Waals surface area contributed by atoms with E-state index in [1.165, 1.54) is 30.4 Å². The minimum absolute atomic E-state index is 0.0532. The summed E-state index contributed by atoms with van der Waals surface area (Å²) in [5, 5.41) is 7.32. The van der Waals surface area contributed by atoms with Crippen LogP contribution in [0.1, 0.15) is 63.1 Å². The van der Waals surface area contributed by atoms with Crippen molar-refractivity contribution in [3.8, 4) is 0 Å². The first-order chi connectivity index (χ1) is 13.1. The van der Waals surface area contributed by atoms with Gasteiger partial charge in [0.15, 0.2) is 0 Å². The van der Waals surface area contributed by atoms with Crippen molar-refractivity contribution in [1.29, 1.82) is 0 Å². The molecule has 2 saturated carbocycles. The topological polar surface area (TPSA) is 58.2 Å². The fraction of sp³-hybridized carbons (Fsp3) is 0.727. The maximum atomic E-state index is 13.7. The normalized spacial score (nSPS) is 32.6. The fourth-order valence-electron chi connectivity index (χ4n) is 5.65. The van der Waals surface area contributed by atoms with Gasteiger partial charge in [0, 0.05) is 31.0 Å². The first kappa shape index (κ1) is 17.5. The van der Waals surface area contributed by atoms with Crippen molar-refractivity contribution >= 4 is 12.0 Å². The number of ether oxygens (including phenoxy) is 1. The largest absolute Gasteiger partial charge is 0.376 e. The van der Waals surface area contributed by atoms with E-state index < -0.39 is 0 Å². The molecule has 1 aliphatic heterocycles. The number of amides is 1. The molecule has 3 fully saturated rings. The van der Waals surface area contributed by atoms with E-state index in [4.69, 9.17) is 4.74 Å². The Labute approximate surface area is 161 Å². The average Bonchev–Trinajstić information content (AvgIpc) is 3.33. The molecule has 5 rings (SSSR count). The maximum Gasteiger partial charge on any atom is 0.226 e. The zero-order valence-corrected chi connectivity index (χ0v) is 16.4. The minimum Gasteiger partial charge on any atom is -0.376 e. The van der Waals surface area contributed by atoms with E-state index in [0.717, 1.165) is 57.5 Å². The predicted octanol–water partition coefficient (Wildman–Crippen LogP) is 3.57. The molecule has 0 aromatic carbocycles. The summed E-state index contributed by atoms with van der Waals surface area (Å²) in [6, 6.07) is 0. The second-order valence-electron chi connectivity index (χ2n) is 9.34. The summed E-state index contributed by atoms with van der Waals surface area (Å²) in [7, 11) is 0. The van der Waals surface area contributed by atoms with Crippen LogP contribution >= 0.6 is 0 Å². The van der Waals surface area contributed by atoms with Crippen LogP contribution in [0.15, 0.2) is 11.8 Å². The van der Waals surface area contributed by atoms with E-state index in [2.05, 4.69) is 28.1 Å². The molecule has 1 aromatic heterocycles. The van der Waals surface area contributed by atoms with Gasteiger partial charge in [0.2, 0.25) is 5.91 Å². The minimum atomic E-state index is -0.0532. The number of hydrogen-bond donors (Lipinski definition) is 1. The van der Waals surface area contributed by atoms with E-state index in [1.54, 1.807) is 0 Å².